The predicted octanol–water partition coefficient (Wildman–Crippen LogP) is 6.50. The van der Waals surface area contributed by atoms with E-state index in [1.54, 1.807) is 0 Å². The van der Waals surface area contributed by atoms with Crippen LogP contribution in [0.25, 0.3) is 0 Å². The van der Waals surface area contributed by atoms with Crippen LogP contribution in [0, 0.1) is 0 Å². The van der Waals surface area contributed by atoms with E-state index in [4.69, 9.17) is 9.84 Å². The van der Waals surface area contributed by atoms with Gasteiger partial charge in [0.05, 0.1) is 18.8 Å². The smallest absolute Gasteiger partial charge is 0.303 e. The molecule has 1 rings (SSSR count). The van der Waals surface area contributed by atoms with Crippen LogP contribution in [0.4, 0.5) is 0 Å². The molecule has 0 heterocycles. The zero-order chi connectivity index (χ0) is 21.2. The summed E-state index contributed by atoms with van der Waals surface area (Å²) in [7, 11) is 0. The summed E-state index contributed by atoms with van der Waals surface area (Å²) in [5, 5.41) is 18.6. The SMILES string of the molecule is CC(CCCCCCCCCC(O)CCCCCC(=O)O)OCc1ccccc1. The van der Waals surface area contributed by atoms with E-state index in [0.29, 0.717) is 12.7 Å². The molecular weight excluding hydrogens is 364 g/mol. The fourth-order valence-corrected chi connectivity index (χ4v) is 3.57. The number of carbonyl (C=O) groups is 1. The van der Waals surface area contributed by atoms with Gasteiger partial charge in [0.25, 0.3) is 0 Å². The van der Waals surface area contributed by atoms with Gasteiger partial charge in [0.1, 0.15) is 0 Å². The molecule has 0 saturated carbocycles. The lowest BCUT2D eigenvalue weighted by Gasteiger charge is -2.13. The number of aliphatic carboxylic acids is 1. The summed E-state index contributed by atoms with van der Waals surface area (Å²) >= 11 is 0. The molecule has 0 spiro atoms. The van der Waals surface area contributed by atoms with E-state index in [-0.39, 0.29) is 12.5 Å². The molecule has 2 N–H and O–H groups in total. The van der Waals surface area contributed by atoms with Gasteiger partial charge < -0.3 is 14.9 Å². The minimum atomic E-state index is -0.726. The van der Waals surface area contributed by atoms with E-state index < -0.39 is 5.97 Å². The van der Waals surface area contributed by atoms with Crippen molar-refractivity contribution in [3.8, 4) is 0 Å². The molecule has 2 atom stereocenters. The van der Waals surface area contributed by atoms with E-state index in [2.05, 4.69) is 31.2 Å². The molecule has 1 aromatic rings. The van der Waals surface area contributed by atoms with E-state index in [1.165, 1.54) is 44.1 Å². The van der Waals surface area contributed by atoms with Crippen LogP contribution < -0.4 is 0 Å². The molecule has 1 aromatic carbocycles. The summed E-state index contributed by atoms with van der Waals surface area (Å²) in [5.41, 5.74) is 1.24. The minimum absolute atomic E-state index is 0.211. The molecule has 29 heavy (non-hydrogen) atoms. The van der Waals surface area contributed by atoms with Crippen molar-refractivity contribution in [2.75, 3.05) is 0 Å². The van der Waals surface area contributed by atoms with Crippen molar-refractivity contribution in [1.82, 2.24) is 0 Å². The fraction of sp³-hybridized carbons (Fsp3) is 0.720. The Kier molecular flexibility index (Phi) is 15.4. The standard InChI is InChI=1S/C25H42O4/c1-22(29-21-23-16-10-7-11-17-23)15-9-5-3-2-4-6-12-18-24(26)19-13-8-14-20-25(27)28/h7,10-11,16-17,22,24,26H,2-6,8-9,12-15,18-21H2,1H3,(H,27,28). The largest absolute Gasteiger partial charge is 0.481 e. The van der Waals surface area contributed by atoms with Crippen LogP contribution in [0.5, 0.6) is 0 Å². The average molecular weight is 407 g/mol. The Morgan fingerprint density at radius 1 is 0.828 bits per heavy atom. The lowest BCUT2D eigenvalue weighted by Crippen LogP contribution is -2.07. The molecule has 0 bridgehead atoms. The molecule has 4 nitrogen and oxygen atoms in total. The van der Waals surface area contributed by atoms with E-state index in [1.807, 2.05) is 6.07 Å². The summed E-state index contributed by atoms with van der Waals surface area (Å²) < 4.78 is 5.91. The third-order valence-corrected chi connectivity index (χ3v) is 5.45. The maximum absolute atomic E-state index is 10.4. The molecule has 166 valence electrons. The van der Waals surface area contributed by atoms with E-state index in [9.17, 15) is 9.90 Å². The first-order valence-corrected chi connectivity index (χ1v) is 11.6. The van der Waals surface area contributed by atoms with Crippen molar-refractivity contribution in [3.63, 3.8) is 0 Å². The molecule has 0 amide bonds. The highest BCUT2D eigenvalue weighted by Gasteiger charge is 2.05. The summed E-state index contributed by atoms with van der Waals surface area (Å²) in [6.07, 6.45) is 14.4. The number of aliphatic hydroxyl groups is 1. The Bertz CT molecular complexity index is 503. The summed E-state index contributed by atoms with van der Waals surface area (Å²) in [4.78, 5) is 10.4. The van der Waals surface area contributed by atoms with Gasteiger partial charge in [-0.05, 0) is 38.2 Å². The number of aliphatic hydroxyl groups excluding tert-OH is 1. The summed E-state index contributed by atoms with van der Waals surface area (Å²) in [6.45, 7) is 2.87. The molecule has 0 aliphatic carbocycles. The number of benzene rings is 1. The Hall–Kier alpha value is -1.39. The van der Waals surface area contributed by atoms with Crippen LogP contribution in [0.1, 0.15) is 102 Å². The van der Waals surface area contributed by atoms with Crippen molar-refractivity contribution in [1.29, 1.82) is 0 Å². The molecule has 0 saturated heterocycles. The van der Waals surface area contributed by atoms with Crippen LogP contribution in [-0.4, -0.2) is 28.4 Å². The lowest BCUT2D eigenvalue weighted by molar-refractivity contribution is -0.137. The topological polar surface area (TPSA) is 66.8 Å². The van der Waals surface area contributed by atoms with Crippen molar-refractivity contribution in [2.24, 2.45) is 0 Å². The number of carboxylic acid groups (broad SMARTS) is 1. The number of hydrogen-bond donors (Lipinski definition) is 2. The Morgan fingerprint density at radius 3 is 1.93 bits per heavy atom. The highest BCUT2D eigenvalue weighted by molar-refractivity contribution is 5.66. The van der Waals surface area contributed by atoms with Crippen LogP contribution in [0.2, 0.25) is 0 Å². The zero-order valence-corrected chi connectivity index (χ0v) is 18.4. The molecule has 4 heteroatoms. The lowest BCUT2D eigenvalue weighted by atomic mass is 10.0. The van der Waals surface area contributed by atoms with Crippen molar-refractivity contribution in [3.05, 3.63) is 35.9 Å². The molecule has 0 radical (unpaired) electrons. The van der Waals surface area contributed by atoms with Crippen molar-refractivity contribution in [2.45, 2.75) is 116 Å². The molecule has 0 fully saturated rings. The van der Waals surface area contributed by atoms with Crippen LogP contribution in [0.3, 0.4) is 0 Å². The van der Waals surface area contributed by atoms with E-state index in [0.717, 1.165) is 44.9 Å². The highest BCUT2D eigenvalue weighted by Crippen LogP contribution is 2.15. The Labute approximate surface area is 177 Å². The third kappa shape index (κ3) is 16.1. The first kappa shape index (κ1) is 25.6. The normalized spacial score (nSPS) is 13.3. The summed E-state index contributed by atoms with van der Waals surface area (Å²) in [6, 6.07) is 10.3. The van der Waals surface area contributed by atoms with Crippen LogP contribution >= 0.6 is 0 Å². The Balaban J connectivity index is 1.83. The quantitative estimate of drug-likeness (QED) is 0.257. The van der Waals surface area contributed by atoms with Crippen molar-refractivity contribution >= 4 is 5.97 Å². The maximum Gasteiger partial charge on any atom is 0.303 e. The number of ether oxygens (including phenoxy) is 1. The second kappa shape index (κ2) is 17.5. The zero-order valence-electron chi connectivity index (χ0n) is 18.4. The second-order valence-electron chi connectivity index (χ2n) is 8.31. The van der Waals surface area contributed by atoms with Gasteiger partial charge >= 0.3 is 5.97 Å². The first-order valence-electron chi connectivity index (χ1n) is 11.6. The number of rotatable bonds is 19. The molecule has 2 unspecified atom stereocenters. The number of carboxylic acids is 1. The van der Waals surface area contributed by atoms with Gasteiger partial charge in [-0.2, -0.15) is 0 Å². The third-order valence-electron chi connectivity index (χ3n) is 5.45. The van der Waals surface area contributed by atoms with Crippen LogP contribution in [-0.2, 0) is 16.1 Å². The monoisotopic (exact) mass is 406 g/mol. The highest BCUT2D eigenvalue weighted by atomic mass is 16.5. The summed E-state index contributed by atoms with van der Waals surface area (Å²) in [5.74, 6) is -0.726. The van der Waals surface area contributed by atoms with Gasteiger partial charge in [0, 0.05) is 6.42 Å². The fourth-order valence-electron chi connectivity index (χ4n) is 3.57. The Morgan fingerprint density at radius 2 is 1.34 bits per heavy atom. The van der Waals surface area contributed by atoms with E-state index >= 15 is 0 Å². The average Bonchev–Trinajstić information content (AvgIpc) is 2.71. The number of hydrogen-bond acceptors (Lipinski definition) is 3. The number of unbranched alkanes of at least 4 members (excludes halogenated alkanes) is 8. The van der Waals surface area contributed by atoms with Gasteiger partial charge in [0.15, 0.2) is 0 Å². The van der Waals surface area contributed by atoms with Crippen LogP contribution in [0.15, 0.2) is 30.3 Å². The first-order chi connectivity index (χ1) is 14.1. The van der Waals surface area contributed by atoms with Gasteiger partial charge in [-0.3, -0.25) is 4.79 Å². The van der Waals surface area contributed by atoms with Gasteiger partial charge in [-0.1, -0.05) is 88.1 Å². The minimum Gasteiger partial charge on any atom is -0.481 e. The van der Waals surface area contributed by atoms with Gasteiger partial charge in [-0.25, -0.2) is 0 Å². The van der Waals surface area contributed by atoms with Gasteiger partial charge in [-0.15, -0.1) is 0 Å². The molecule has 0 aromatic heterocycles. The molecular formula is C25H42O4. The van der Waals surface area contributed by atoms with Gasteiger partial charge in [0.2, 0.25) is 0 Å². The maximum atomic E-state index is 10.4. The molecule has 0 aliphatic heterocycles. The second-order valence-corrected chi connectivity index (χ2v) is 8.31. The predicted molar refractivity (Wildman–Crippen MR) is 119 cm³/mol. The van der Waals surface area contributed by atoms with Crippen molar-refractivity contribution < 1.29 is 19.7 Å². The molecule has 0 aliphatic rings.